The number of hydrogen-bond acceptors (Lipinski definition) is 4. The maximum Gasteiger partial charge on any atom is 0.278 e. The third-order valence-electron chi connectivity index (χ3n) is 4.38. The summed E-state index contributed by atoms with van der Waals surface area (Å²) < 4.78 is 42.3. The fourth-order valence-electron chi connectivity index (χ4n) is 3.11. The van der Waals surface area contributed by atoms with E-state index in [0.717, 1.165) is 12.1 Å². The zero-order valence-electron chi connectivity index (χ0n) is 14.1. The quantitative estimate of drug-likeness (QED) is 0.651. The van der Waals surface area contributed by atoms with Crippen molar-refractivity contribution in [2.45, 2.75) is 12.5 Å². The molecule has 0 fully saturated rings. The molecule has 0 amide bonds. The topological polar surface area (TPSA) is 59.8 Å². The first kappa shape index (κ1) is 18.2. The third kappa shape index (κ3) is 3.16. The van der Waals surface area contributed by atoms with E-state index in [1.807, 2.05) is 0 Å². The number of ketones is 1. The van der Waals surface area contributed by atoms with Crippen molar-refractivity contribution in [3.63, 3.8) is 0 Å². The lowest BCUT2D eigenvalue weighted by Gasteiger charge is -2.29. The minimum atomic E-state index is -2.96. The second kappa shape index (κ2) is 7.12. The summed E-state index contributed by atoms with van der Waals surface area (Å²) in [5, 5.41) is 7.05. The lowest BCUT2D eigenvalue weighted by molar-refractivity contribution is 0.101. The highest BCUT2D eigenvalue weighted by molar-refractivity contribution is 6.30. The molecule has 0 aliphatic carbocycles. The first-order valence-electron chi connectivity index (χ1n) is 8.20. The maximum atomic E-state index is 13.9. The van der Waals surface area contributed by atoms with Gasteiger partial charge in [0.2, 0.25) is 5.95 Å². The number of allylic oxidation sites excluding steroid dienone is 2. The number of hydrogen-bond donors (Lipinski definition) is 1. The first-order valence-corrected chi connectivity index (χ1v) is 8.58. The van der Waals surface area contributed by atoms with Crippen molar-refractivity contribution in [3.8, 4) is 0 Å². The van der Waals surface area contributed by atoms with Gasteiger partial charge in [-0.15, -0.1) is 0 Å². The van der Waals surface area contributed by atoms with Crippen LogP contribution in [0.2, 0.25) is 5.02 Å². The molecular weight excluding hydrogens is 393 g/mol. The average Bonchev–Trinajstić information content (AvgIpc) is 3.15. The molecule has 1 aliphatic heterocycles. The Kier molecular flexibility index (Phi) is 4.64. The van der Waals surface area contributed by atoms with Crippen molar-refractivity contribution >= 4 is 23.3 Å². The van der Waals surface area contributed by atoms with Crippen LogP contribution in [0.5, 0.6) is 0 Å². The minimum absolute atomic E-state index is 0.0823. The summed E-state index contributed by atoms with van der Waals surface area (Å²) in [6, 6.07) is 10.2. The van der Waals surface area contributed by atoms with Crippen molar-refractivity contribution in [1.82, 2.24) is 14.8 Å². The number of fused-ring (bicyclic) bond motifs is 1. The standard InChI is InChI=1S/C19H12ClF3N4O/c20-12-5-1-10(2-6-12)16-14(17(28)11-3-7-13(21)8-4-11)15(18(22)23)26-19-24-9-25-27(16)19/h1-9,16,18H,(H,24,25,26). The van der Waals surface area contributed by atoms with Crippen molar-refractivity contribution in [2.75, 3.05) is 5.32 Å². The number of anilines is 1. The van der Waals surface area contributed by atoms with Crippen LogP contribution in [0.15, 0.2) is 66.1 Å². The molecule has 2 heterocycles. The summed E-state index contributed by atoms with van der Waals surface area (Å²) in [7, 11) is 0. The summed E-state index contributed by atoms with van der Waals surface area (Å²) in [5.41, 5.74) is -0.142. The van der Waals surface area contributed by atoms with Crippen LogP contribution in [0.1, 0.15) is 22.0 Å². The molecule has 0 saturated heterocycles. The SMILES string of the molecule is O=C(C1=C(C(F)F)Nc2ncnn2C1c1ccc(Cl)cc1)c1ccc(F)cc1. The van der Waals surface area contributed by atoms with E-state index < -0.39 is 29.8 Å². The Morgan fingerprint density at radius 1 is 1.11 bits per heavy atom. The molecule has 3 aromatic rings. The lowest BCUT2D eigenvalue weighted by Crippen LogP contribution is -2.32. The number of benzene rings is 2. The second-order valence-electron chi connectivity index (χ2n) is 6.07. The second-order valence-corrected chi connectivity index (χ2v) is 6.51. The Morgan fingerprint density at radius 3 is 2.43 bits per heavy atom. The molecule has 0 bridgehead atoms. The Bertz CT molecular complexity index is 1060. The highest BCUT2D eigenvalue weighted by atomic mass is 35.5. The van der Waals surface area contributed by atoms with E-state index >= 15 is 0 Å². The molecule has 1 aliphatic rings. The van der Waals surface area contributed by atoms with Crippen LogP contribution in [0.25, 0.3) is 0 Å². The number of rotatable bonds is 4. The Labute approximate surface area is 162 Å². The lowest BCUT2D eigenvalue weighted by atomic mass is 9.89. The summed E-state index contributed by atoms with van der Waals surface area (Å²) in [5.74, 6) is -1.11. The number of alkyl halides is 2. The highest BCUT2D eigenvalue weighted by Gasteiger charge is 2.37. The number of carbonyl (C=O) groups is 1. The summed E-state index contributed by atoms with van der Waals surface area (Å²) in [4.78, 5) is 17.1. The van der Waals surface area contributed by atoms with E-state index in [4.69, 9.17) is 11.6 Å². The van der Waals surface area contributed by atoms with E-state index in [-0.39, 0.29) is 17.1 Å². The molecule has 9 heteroatoms. The predicted octanol–water partition coefficient (Wildman–Crippen LogP) is 4.49. The fourth-order valence-corrected chi connectivity index (χ4v) is 3.24. The van der Waals surface area contributed by atoms with Crippen LogP contribution in [-0.4, -0.2) is 27.0 Å². The van der Waals surface area contributed by atoms with E-state index in [9.17, 15) is 18.0 Å². The van der Waals surface area contributed by atoms with Crippen LogP contribution >= 0.6 is 11.6 Å². The Hall–Kier alpha value is -3.13. The van der Waals surface area contributed by atoms with E-state index in [2.05, 4.69) is 15.4 Å². The van der Waals surface area contributed by atoms with Crippen molar-refractivity contribution in [3.05, 3.63) is 88.1 Å². The van der Waals surface area contributed by atoms with Gasteiger partial charge in [-0.25, -0.2) is 17.9 Å². The van der Waals surface area contributed by atoms with E-state index in [0.29, 0.717) is 10.6 Å². The molecule has 1 aromatic heterocycles. The minimum Gasteiger partial charge on any atom is -0.323 e. The van der Waals surface area contributed by atoms with Gasteiger partial charge >= 0.3 is 0 Å². The van der Waals surface area contributed by atoms with E-state index in [1.54, 1.807) is 24.3 Å². The first-order chi connectivity index (χ1) is 13.5. The smallest absolute Gasteiger partial charge is 0.278 e. The zero-order chi connectivity index (χ0) is 19.8. The fraction of sp³-hybridized carbons (Fsp3) is 0.105. The van der Waals surface area contributed by atoms with Gasteiger partial charge in [-0.2, -0.15) is 10.1 Å². The molecular formula is C19H12ClF3N4O. The van der Waals surface area contributed by atoms with Crippen molar-refractivity contribution in [1.29, 1.82) is 0 Å². The van der Waals surface area contributed by atoms with Gasteiger partial charge in [-0.1, -0.05) is 23.7 Å². The molecule has 5 nitrogen and oxygen atoms in total. The van der Waals surface area contributed by atoms with Crippen molar-refractivity contribution in [2.24, 2.45) is 0 Å². The molecule has 28 heavy (non-hydrogen) atoms. The third-order valence-corrected chi connectivity index (χ3v) is 4.63. The average molecular weight is 405 g/mol. The molecule has 142 valence electrons. The zero-order valence-corrected chi connectivity index (χ0v) is 14.9. The molecule has 0 radical (unpaired) electrons. The van der Waals surface area contributed by atoms with E-state index in [1.165, 1.54) is 23.1 Å². The van der Waals surface area contributed by atoms with Gasteiger partial charge in [0.05, 0.1) is 11.3 Å². The number of nitrogens with one attached hydrogen (secondary N) is 1. The van der Waals surface area contributed by atoms with Gasteiger partial charge in [0, 0.05) is 10.6 Å². The van der Waals surface area contributed by atoms with Crippen molar-refractivity contribution < 1.29 is 18.0 Å². The van der Waals surface area contributed by atoms with Gasteiger partial charge in [-0.3, -0.25) is 4.79 Å². The van der Waals surface area contributed by atoms with Crippen LogP contribution < -0.4 is 5.32 Å². The number of halogens is 4. The molecule has 1 unspecified atom stereocenters. The van der Waals surface area contributed by atoms with Gasteiger partial charge in [0.15, 0.2) is 5.78 Å². The Balaban J connectivity index is 1.92. The van der Waals surface area contributed by atoms with Gasteiger partial charge in [0.25, 0.3) is 6.43 Å². The van der Waals surface area contributed by atoms with Gasteiger partial charge < -0.3 is 5.32 Å². The number of carbonyl (C=O) groups excluding carboxylic acids is 1. The van der Waals surface area contributed by atoms with Gasteiger partial charge in [-0.05, 0) is 42.0 Å². The van der Waals surface area contributed by atoms with Crippen LogP contribution in [-0.2, 0) is 0 Å². The van der Waals surface area contributed by atoms with Gasteiger partial charge in [0.1, 0.15) is 18.2 Å². The molecule has 4 rings (SSSR count). The number of aromatic nitrogens is 3. The summed E-state index contributed by atoms with van der Waals surface area (Å²) in [6.45, 7) is 0. The molecule has 0 saturated carbocycles. The molecule has 1 N–H and O–H groups in total. The van der Waals surface area contributed by atoms with Crippen LogP contribution in [0, 0.1) is 5.82 Å². The molecule has 1 atom stereocenters. The molecule has 0 spiro atoms. The maximum absolute atomic E-state index is 13.9. The van der Waals surface area contributed by atoms with Crippen LogP contribution in [0.4, 0.5) is 19.1 Å². The summed E-state index contributed by atoms with van der Waals surface area (Å²) >= 11 is 5.94. The summed E-state index contributed by atoms with van der Waals surface area (Å²) in [6.07, 6.45) is -1.75. The number of nitrogens with zero attached hydrogens (tertiary/aromatic N) is 3. The predicted molar refractivity (Wildman–Crippen MR) is 97.0 cm³/mol. The largest absolute Gasteiger partial charge is 0.323 e. The normalized spacial score (nSPS) is 16.1. The number of Topliss-reactive ketones (excluding diaryl/α,β-unsaturated/α-hetero) is 1. The monoisotopic (exact) mass is 404 g/mol. The molecule has 2 aromatic carbocycles. The van der Waals surface area contributed by atoms with Crippen LogP contribution in [0.3, 0.4) is 0 Å². The Morgan fingerprint density at radius 2 is 1.79 bits per heavy atom. The highest BCUT2D eigenvalue weighted by Crippen LogP contribution is 2.38.